The summed E-state index contributed by atoms with van der Waals surface area (Å²) in [7, 11) is 3.62. The van der Waals surface area contributed by atoms with Crippen molar-refractivity contribution < 1.29 is 14.7 Å². The van der Waals surface area contributed by atoms with Crippen LogP contribution in [0.4, 0.5) is 4.79 Å². The maximum atomic E-state index is 12.3. The van der Waals surface area contributed by atoms with Gasteiger partial charge in [0, 0.05) is 26.1 Å². The van der Waals surface area contributed by atoms with Crippen molar-refractivity contribution in [2.75, 3.05) is 27.2 Å². The highest BCUT2D eigenvalue weighted by atomic mass is 16.7. The van der Waals surface area contributed by atoms with Crippen LogP contribution in [0.1, 0.15) is 85.5 Å². The standard InChI is InChI=1S/C27H47N3O3/c1-18(29-33-24(31)30(6)16-15-28-5)21-9-10-22-20-8-7-19-17-25(2,32)13-14-26(19,3)23(20)11-12-27(21,22)4/h19-23,28,32H,7-17H2,1-6H3/b29-18+/t19?,20-,21+,22-,23-,25+,26-,27+/m0/s1. The van der Waals surface area contributed by atoms with Gasteiger partial charge < -0.3 is 15.3 Å². The summed E-state index contributed by atoms with van der Waals surface area (Å²) in [6, 6.07) is 0. The van der Waals surface area contributed by atoms with Crippen molar-refractivity contribution in [2.45, 2.75) is 91.1 Å². The number of carbonyl (C=O) groups excluding carboxylic acids is 1. The van der Waals surface area contributed by atoms with Gasteiger partial charge in [0.25, 0.3) is 0 Å². The second kappa shape index (κ2) is 9.14. The SMILES string of the molecule is CNCCN(C)C(=O)O/N=C(\C)[C@H]1CC[C@H]2[C@@H]3CCC4C[C@](C)(O)CC[C@]4(C)[C@H]3CC[C@]12C. The summed E-state index contributed by atoms with van der Waals surface area (Å²) in [6.07, 6.45) is 10.3. The number of nitrogens with one attached hydrogen (secondary N) is 1. The Kier molecular flexibility index (Phi) is 6.92. The van der Waals surface area contributed by atoms with Gasteiger partial charge in [0.1, 0.15) is 0 Å². The molecule has 4 aliphatic rings. The fourth-order valence-corrected chi connectivity index (χ4v) is 8.73. The lowest BCUT2D eigenvalue weighted by Gasteiger charge is -2.61. The average Bonchev–Trinajstić information content (AvgIpc) is 3.13. The zero-order chi connectivity index (χ0) is 24.0. The second-order valence-corrected chi connectivity index (χ2v) is 12.6. The van der Waals surface area contributed by atoms with E-state index >= 15 is 0 Å². The third kappa shape index (κ3) is 4.47. The molecule has 188 valence electrons. The lowest BCUT2D eigenvalue weighted by Crippen LogP contribution is -2.55. The minimum absolute atomic E-state index is 0.253. The smallest absolute Gasteiger partial charge is 0.390 e. The maximum Gasteiger partial charge on any atom is 0.435 e. The fourth-order valence-electron chi connectivity index (χ4n) is 8.73. The van der Waals surface area contributed by atoms with Crippen LogP contribution >= 0.6 is 0 Å². The lowest BCUT2D eigenvalue weighted by molar-refractivity contribution is -0.144. The molecule has 0 radical (unpaired) electrons. The van der Waals surface area contributed by atoms with E-state index in [9.17, 15) is 9.90 Å². The molecule has 33 heavy (non-hydrogen) atoms. The van der Waals surface area contributed by atoms with E-state index in [4.69, 9.17) is 4.84 Å². The molecule has 0 aromatic heterocycles. The monoisotopic (exact) mass is 461 g/mol. The van der Waals surface area contributed by atoms with Gasteiger partial charge >= 0.3 is 6.09 Å². The first-order chi connectivity index (χ1) is 15.5. The van der Waals surface area contributed by atoms with E-state index in [-0.39, 0.29) is 11.5 Å². The molecule has 8 atom stereocenters. The van der Waals surface area contributed by atoms with Crippen molar-refractivity contribution in [1.29, 1.82) is 0 Å². The van der Waals surface area contributed by atoms with Crippen LogP contribution in [0.15, 0.2) is 5.16 Å². The molecule has 0 spiro atoms. The third-order valence-corrected chi connectivity index (χ3v) is 10.7. The van der Waals surface area contributed by atoms with E-state index in [1.165, 1.54) is 38.5 Å². The van der Waals surface area contributed by atoms with E-state index in [2.05, 4.69) is 31.2 Å². The largest absolute Gasteiger partial charge is 0.435 e. The van der Waals surface area contributed by atoms with Crippen molar-refractivity contribution in [3.8, 4) is 0 Å². The Morgan fingerprint density at radius 1 is 1.06 bits per heavy atom. The first kappa shape index (κ1) is 25.0. The first-order valence-corrected chi connectivity index (χ1v) is 13.4. The van der Waals surface area contributed by atoms with Crippen molar-refractivity contribution >= 4 is 11.8 Å². The molecule has 2 N–H and O–H groups in total. The Balaban J connectivity index is 1.44. The highest BCUT2D eigenvalue weighted by Crippen LogP contribution is 2.68. The summed E-state index contributed by atoms with van der Waals surface area (Å²) < 4.78 is 0. The van der Waals surface area contributed by atoms with Gasteiger partial charge in [-0.05, 0) is 113 Å². The van der Waals surface area contributed by atoms with Crippen molar-refractivity contribution in [3.05, 3.63) is 0 Å². The van der Waals surface area contributed by atoms with Gasteiger partial charge in [-0.25, -0.2) is 4.79 Å². The van der Waals surface area contributed by atoms with Crippen LogP contribution in [0.25, 0.3) is 0 Å². The Morgan fingerprint density at radius 3 is 2.52 bits per heavy atom. The van der Waals surface area contributed by atoms with Crippen LogP contribution in [0, 0.1) is 40.4 Å². The van der Waals surface area contributed by atoms with E-state index < -0.39 is 5.60 Å². The summed E-state index contributed by atoms with van der Waals surface area (Å²) >= 11 is 0. The molecule has 4 rings (SSSR count). The molecule has 0 aromatic carbocycles. The van der Waals surface area contributed by atoms with Crippen molar-refractivity contribution in [2.24, 2.45) is 45.6 Å². The molecule has 0 aromatic rings. The number of carbonyl (C=O) groups is 1. The lowest BCUT2D eigenvalue weighted by atomic mass is 9.44. The van der Waals surface area contributed by atoms with Gasteiger partial charge in [-0.3, -0.25) is 4.84 Å². The Hall–Kier alpha value is -1.14. The third-order valence-electron chi connectivity index (χ3n) is 10.7. The summed E-state index contributed by atoms with van der Waals surface area (Å²) in [4.78, 5) is 19.2. The molecule has 4 saturated carbocycles. The molecule has 4 aliphatic carbocycles. The number of fused-ring (bicyclic) bond motifs is 5. The highest BCUT2D eigenvalue weighted by Gasteiger charge is 2.61. The normalized spacial score (nSPS) is 45.1. The maximum absolute atomic E-state index is 12.3. The number of oxime groups is 1. The minimum atomic E-state index is -0.467. The van der Waals surface area contributed by atoms with Crippen LogP contribution in [0.5, 0.6) is 0 Å². The van der Waals surface area contributed by atoms with Gasteiger partial charge in [0.15, 0.2) is 0 Å². The minimum Gasteiger partial charge on any atom is -0.390 e. The predicted octanol–water partition coefficient (Wildman–Crippen LogP) is 5.06. The molecule has 4 fully saturated rings. The number of hydrogen-bond acceptors (Lipinski definition) is 5. The van der Waals surface area contributed by atoms with Gasteiger partial charge in [0.05, 0.1) is 11.3 Å². The second-order valence-electron chi connectivity index (χ2n) is 12.6. The van der Waals surface area contributed by atoms with Crippen molar-refractivity contribution in [3.63, 3.8) is 0 Å². The molecule has 6 nitrogen and oxygen atoms in total. The number of likely N-dealkylation sites (N-methyl/N-ethyl adjacent to an activating group) is 2. The Bertz CT molecular complexity index is 768. The fraction of sp³-hybridized carbons (Fsp3) is 0.926. The molecule has 0 saturated heterocycles. The van der Waals surface area contributed by atoms with Crippen LogP contribution in [0.3, 0.4) is 0 Å². The van der Waals surface area contributed by atoms with E-state index in [0.717, 1.165) is 49.3 Å². The quantitative estimate of drug-likeness (QED) is 0.341. The molecule has 0 bridgehead atoms. The molecule has 1 amide bonds. The molecular weight excluding hydrogens is 414 g/mol. The predicted molar refractivity (Wildman–Crippen MR) is 132 cm³/mol. The molecule has 0 heterocycles. The summed E-state index contributed by atoms with van der Waals surface area (Å²) in [6.45, 7) is 10.5. The van der Waals surface area contributed by atoms with Crippen LogP contribution in [0.2, 0.25) is 0 Å². The van der Waals surface area contributed by atoms with Crippen LogP contribution in [-0.4, -0.2) is 54.6 Å². The summed E-state index contributed by atoms with van der Waals surface area (Å²) in [5.74, 6) is 3.39. The van der Waals surface area contributed by atoms with Crippen LogP contribution in [-0.2, 0) is 4.84 Å². The van der Waals surface area contributed by atoms with Gasteiger partial charge in [-0.15, -0.1) is 0 Å². The molecule has 1 unspecified atom stereocenters. The highest BCUT2D eigenvalue weighted by molar-refractivity contribution is 5.85. The first-order valence-electron chi connectivity index (χ1n) is 13.4. The zero-order valence-electron chi connectivity index (χ0n) is 21.8. The summed E-state index contributed by atoms with van der Waals surface area (Å²) in [5.41, 5.74) is 1.16. The number of rotatable bonds is 5. The van der Waals surface area contributed by atoms with Gasteiger partial charge in [-0.2, -0.15) is 0 Å². The van der Waals surface area contributed by atoms with E-state index in [0.29, 0.717) is 23.8 Å². The van der Waals surface area contributed by atoms with Crippen molar-refractivity contribution in [1.82, 2.24) is 10.2 Å². The van der Waals surface area contributed by atoms with E-state index in [1.807, 2.05) is 14.0 Å². The average molecular weight is 462 g/mol. The molecule has 6 heteroatoms. The van der Waals surface area contributed by atoms with Gasteiger partial charge in [-0.1, -0.05) is 19.0 Å². The summed E-state index contributed by atoms with van der Waals surface area (Å²) in [5, 5.41) is 18.1. The Morgan fingerprint density at radius 2 is 1.79 bits per heavy atom. The number of nitrogens with zero attached hydrogens (tertiary/aromatic N) is 2. The zero-order valence-corrected chi connectivity index (χ0v) is 21.8. The number of aliphatic hydroxyl groups is 1. The number of amides is 1. The van der Waals surface area contributed by atoms with Gasteiger partial charge in [0.2, 0.25) is 0 Å². The Labute approximate surface area is 200 Å². The molecular formula is C27H47N3O3. The number of hydrogen-bond donors (Lipinski definition) is 2. The molecule has 0 aliphatic heterocycles. The topological polar surface area (TPSA) is 74.2 Å². The van der Waals surface area contributed by atoms with E-state index in [1.54, 1.807) is 11.9 Å². The van der Waals surface area contributed by atoms with Crippen LogP contribution < -0.4 is 5.32 Å².